The lowest BCUT2D eigenvalue weighted by molar-refractivity contribution is -0.274. The van der Waals surface area contributed by atoms with Crippen LogP contribution in [-0.4, -0.2) is 22.9 Å². The standard InChI is InChI=1S/C23H23F3N4O/c1-2-19-13-21(29-22(28-19)27-14-16-6-4-3-5-7-16)30-11-10-17-12-20(31-23(24,25)26)9-8-18(17)15-30/h3-9,12-13H,2,10-11,14-15H2,1H3,(H,27,28,29). The number of anilines is 2. The van der Waals surface area contributed by atoms with E-state index in [0.717, 1.165) is 34.6 Å². The molecule has 8 heteroatoms. The summed E-state index contributed by atoms with van der Waals surface area (Å²) in [4.78, 5) is 11.4. The van der Waals surface area contributed by atoms with Gasteiger partial charge in [-0.25, -0.2) is 4.98 Å². The molecule has 1 aromatic heterocycles. The van der Waals surface area contributed by atoms with E-state index in [2.05, 4.69) is 24.9 Å². The molecule has 2 aromatic carbocycles. The SMILES string of the molecule is CCc1cc(N2CCc3cc(OC(F)(F)F)ccc3C2)nc(NCc2ccccc2)n1. The summed E-state index contributed by atoms with van der Waals surface area (Å²) in [6.45, 7) is 3.89. The van der Waals surface area contributed by atoms with Gasteiger partial charge in [0.15, 0.2) is 0 Å². The molecule has 2 heterocycles. The van der Waals surface area contributed by atoms with Gasteiger partial charge >= 0.3 is 6.36 Å². The summed E-state index contributed by atoms with van der Waals surface area (Å²) in [6, 6.07) is 16.5. The van der Waals surface area contributed by atoms with E-state index >= 15 is 0 Å². The van der Waals surface area contributed by atoms with Crippen molar-refractivity contribution in [3.8, 4) is 5.75 Å². The van der Waals surface area contributed by atoms with Crippen molar-refractivity contribution in [1.82, 2.24) is 9.97 Å². The highest BCUT2D eigenvalue weighted by atomic mass is 19.4. The number of rotatable bonds is 6. The molecule has 1 N–H and O–H groups in total. The van der Waals surface area contributed by atoms with Gasteiger partial charge in [-0.2, -0.15) is 4.98 Å². The van der Waals surface area contributed by atoms with E-state index in [9.17, 15) is 13.2 Å². The van der Waals surface area contributed by atoms with Gasteiger partial charge in [0, 0.05) is 31.4 Å². The summed E-state index contributed by atoms with van der Waals surface area (Å²) in [7, 11) is 0. The van der Waals surface area contributed by atoms with E-state index in [4.69, 9.17) is 0 Å². The van der Waals surface area contributed by atoms with Gasteiger partial charge in [-0.1, -0.05) is 43.3 Å². The molecule has 1 aliphatic heterocycles. The summed E-state index contributed by atoms with van der Waals surface area (Å²) in [5.41, 5.74) is 3.90. The molecule has 31 heavy (non-hydrogen) atoms. The molecular formula is C23H23F3N4O. The van der Waals surface area contributed by atoms with Crippen LogP contribution in [-0.2, 0) is 25.9 Å². The van der Waals surface area contributed by atoms with Crippen LogP contribution in [0.25, 0.3) is 0 Å². The van der Waals surface area contributed by atoms with Crippen LogP contribution in [0.5, 0.6) is 5.75 Å². The Labute approximate surface area is 178 Å². The van der Waals surface area contributed by atoms with Gasteiger partial charge in [-0.3, -0.25) is 0 Å². The van der Waals surface area contributed by atoms with Crippen molar-refractivity contribution in [2.75, 3.05) is 16.8 Å². The fraction of sp³-hybridized carbons (Fsp3) is 0.304. The number of hydrogen-bond donors (Lipinski definition) is 1. The summed E-state index contributed by atoms with van der Waals surface area (Å²) in [6.07, 6.45) is -3.30. The molecule has 0 atom stereocenters. The van der Waals surface area contributed by atoms with Crippen LogP contribution in [0.15, 0.2) is 54.6 Å². The number of hydrogen-bond acceptors (Lipinski definition) is 5. The molecular weight excluding hydrogens is 405 g/mol. The number of nitrogens with one attached hydrogen (secondary N) is 1. The normalized spacial score (nSPS) is 13.6. The molecule has 4 rings (SSSR count). The Morgan fingerprint density at radius 3 is 2.58 bits per heavy atom. The molecule has 0 spiro atoms. The third-order valence-electron chi connectivity index (χ3n) is 5.17. The number of aryl methyl sites for hydroxylation is 1. The predicted molar refractivity (Wildman–Crippen MR) is 113 cm³/mol. The lowest BCUT2D eigenvalue weighted by Crippen LogP contribution is -2.31. The number of fused-ring (bicyclic) bond motifs is 1. The van der Waals surface area contributed by atoms with Crippen LogP contribution >= 0.6 is 0 Å². The smallest absolute Gasteiger partial charge is 0.406 e. The number of benzene rings is 2. The van der Waals surface area contributed by atoms with Gasteiger partial charge in [0.1, 0.15) is 11.6 Å². The Morgan fingerprint density at radius 2 is 1.84 bits per heavy atom. The maximum atomic E-state index is 12.5. The largest absolute Gasteiger partial charge is 0.573 e. The van der Waals surface area contributed by atoms with Crippen molar-refractivity contribution in [3.05, 3.63) is 77.0 Å². The fourth-order valence-electron chi connectivity index (χ4n) is 3.60. The Hall–Kier alpha value is -3.29. The van der Waals surface area contributed by atoms with Crippen LogP contribution in [0.1, 0.15) is 29.3 Å². The summed E-state index contributed by atoms with van der Waals surface area (Å²) >= 11 is 0. The molecule has 5 nitrogen and oxygen atoms in total. The highest BCUT2D eigenvalue weighted by Crippen LogP contribution is 2.30. The monoisotopic (exact) mass is 428 g/mol. The molecule has 0 amide bonds. The zero-order chi connectivity index (χ0) is 21.8. The number of ether oxygens (including phenoxy) is 1. The first kappa shape index (κ1) is 21.0. The average Bonchev–Trinajstić information content (AvgIpc) is 2.76. The molecule has 3 aromatic rings. The average molecular weight is 428 g/mol. The van der Waals surface area contributed by atoms with Crippen LogP contribution < -0.4 is 15.0 Å². The Bertz CT molecular complexity index is 1040. The third kappa shape index (κ3) is 5.45. The number of aromatic nitrogens is 2. The van der Waals surface area contributed by atoms with Crippen molar-refractivity contribution < 1.29 is 17.9 Å². The molecule has 0 saturated heterocycles. The minimum Gasteiger partial charge on any atom is -0.406 e. The molecule has 1 aliphatic rings. The topological polar surface area (TPSA) is 50.3 Å². The Kier molecular flexibility index (Phi) is 5.97. The quantitative estimate of drug-likeness (QED) is 0.591. The first-order chi connectivity index (χ1) is 14.9. The molecule has 162 valence electrons. The molecule has 0 unspecified atom stereocenters. The second-order valence-corrected chi connectivity index (χ2v) is 7.38. The van der Waals surface area contributed by atoms with Gasteiger partial charge < -0.3 is 15.0 Å². The Balaban J connectivity index is 1.50. The van der Waals surface area contributed by atoms with E-state index in [-0.39, 0.29) is 5.75 Å². The number of nitrogens with zero attached hydrogens (tertiary/aromatic N) is 3. The van der Waals surface area contributed by atoms with Crippen LogP contribution in [0.4, 0.5) is 24.9 Å². The van der Waals surface area contributed by atoms with Crippen molar-refractivity contribution in [1.29, 1.82) is 0 Å². The lowest BCUT2D eigenvalue weighted by atomic mass is 9.99. The fourth-order valence-corrected chi connectivity index (χ4v) is 3.60. The summed E-state index contributed by atoms with van der Waals surface area (Å²) in [5, 5.41) is 3.29. The van der Waals surface area contributed by atoms with Crippen molar-refractivity contribution in [3.63, 3.8) is 0 Å². The first-order valence-corrected chi connectivity index (χ1v) is 10.2. The first-order valence-electron chi connectivity index (χ1n) is 10.2. The molecule has 0 radical (unpaired) electrons. The lowest BCUT2D eigenvalue weighted by Gasteiger charge is -2.30. The second kappa shape index (κ2) is 8.83. The zero-order valence-corrected chi connectivity index (χ0v) is 17.1. The van der Waals surface area contributed by atoms with Crippen LogP contribution in [0, 0.1) is 0 Å². The van der Waals surface area contributed by atoms with E-state index < -0.39 is 6.36 Å². The zero-order valence-electron chi connectivity index (χ0n) is 17.1. The van der Waals surface area contributed by atoms with Gasteiger partial charge in [-0.15, -0.1) is 13.2 Å². The highest BCUT2D eigenvalue weighted by molar-refractivity contribution is 5.49. The predicted octanol–water partition coefficient (Wildman–Crippen LogP) is 5.11. The molecule has 0 fully saturated rings. The van der Waals surface area contributed by atoms with E-state index in [1.165, 1.54) is 12.1 Å². The number of halogens is 3. The van der Waals surface area contributed by atoms with Crippen LogP contribution in [0.3, 0.4) is 0 Å². The second-order valence-electron chi connectivity index (χ2n) is 7.38. The maximum absolute atomic E-state index is 12.5. The van der Waals surface area contributed by atoms with Crippen LogP contribution in [0.2, 0.25) is 0 Å². The van der Waals surface area contributed by atoms with E-state index in [0.29, 0.717) is 32.0 Å². The number of alkyl halides is 3. The van der Waals surface area contributed by atoms with Gasteiger partial charge in [0.2, 0.25) is 5.95 Å². The molecule has 0 bridgehead atoms. The minimum atomic E-state index is -4.68. The minimum absolute atomic E-state index is 0.178. The maximum Gasteiger partial charge on any atom is 0.573 e. The summed E-state index contributed by atoms with van der Waals surface area (Å²) < 4.78 is 41.5. The van der Waals surface area contributed by atoms with Gasteiger partial charge in [0.25, 0.3) is 0 Å². The highest BCUT2D eigenvalue weighted by Gasteiger charge is 2.31. The van der Waals surface area contributed by atoms with Gasteiger partial charge in [-0.05, 0) is 41.7 Å². The van der Waals surface area contributed by atoms with E-state index in [1.54, 1.807) is 6.07 Å². The van der Waals surface area contributed by atoms with Crippen molar-refractivity contribution in [2.24, 2.45) is 0 Å². The molecule has 0 aliphatic carbocycles. The Morgan fingerprint density at radius 1 is 1.03 bits per heavy atom. The summed E-state index contributed by atoms with van der Waals surface area (Å²) in [5.74, 6) is 1.20. The van der Waals surface area contributed by atoms with E-state index in [1.807, 2.05) is 43.3 Å². The van der Waals surface area contributed by atoms with Crippen molar-refractivity contribution in [2.45, 2.75) is 39.2 Å². The molecule has 0 saturated carbocycles. The third-order valence-corrected chi connectivity index (χ3v) is 5.17. The van der Waals surface area contributed by atoms with Gasteiger partial charge in [0.05, 0.1) is 0 Å². The van der Waals surface area contributed by atoms with Crippen molar-refractivity contribution >= 4 is 11.8 Å².